The van der Waals surface area contributed by atoms with Crippen LogP contribution in [0.5, 0.6) is 11.5 Å². The van der Waals surface area contributed by atoms with Crippen molar-refractivity contribution in [1.29, 1.82) is 0 Å². The van der Waals surface area contributed by atoms with Crippen LogP contribution in [-0.2, 0) is 6.42 Å². The van der Waals surface area contributed by atoms with Gasteiger partial charge in [-0.25, -0.2) is 4.79 Å². The monoisotopic (exact) mass is 348 g/mol. The number of urea groups is 1. The quantitative estimate of drug-likeness (QED) is 0.721. The van der Waals surface area contributed by atoms with Crippen LogP contribution in [0.3, 0.4) is 0 Å². The molecule has 0 aliphatic rings. The third-order valence-electron chi connectivity index (χ3n) is 3.38. The molecule has 2 N–H and O–H groups in total. The van der Waals surface area contributed by atoms with E-state index in [0.717, 1.165) is 11.3 Å². The Morgan fingerprint density at radius 2 is 1.42 bits per heavy atom. The fourth-order valence-corrected chi connectivity index (χ4v) is 2.13. The maximum Gasteiger partial charge on any atom is 0.319 e. The molecule has 0 bridgehead atoms. The molecule has 2 aromatic carbocycles. The minimum absolute atomic E-state index is 0.213. The zero-order valence-corrected chi connectivity index (χ0v) is 14.3. The molecule has 2 rings (SSSR count). The minimum Gasteiger partial charge on any atom is -0.481 e. The minimum atomic E-state index is -0.267. The summed E-state index contributed by atoms with van der Waals surface area (Å²) in [5, 5.41) is 5.57. The maximum absolute atomic E-state index is 11.9. The molecule has 0 heterocycles. The highest BCUT2D eigenvalue weighted by Crippen LogP contribution is 2.15. The summed E-state index contributed by atoms with van der Waals surface area (Å²) in [6.07, 6.45) is 11.0. The predicted molar refractivity (Wildman–Crippen MR) is 102 cm³/mol. The van der Waals surface area contributed by atoms with Gasteiger partial charge < -0.3 is 20.1 Å². The van der Waals surface area contributed by atoms with Gasteiger partial charge in [0.15, 0.2) is 0 Å². The molecule has 0 radical (unpaired) electrons. The summed E-state index contributed by atoms with van der Waals surface area (Å²) in [6.45, 7) is 0.974. The molecule has 26 heavy (non-hydrogen) atoms. The van der Waals surface area contributed by atoms with Crippen molar-refractivity contribution in [2.24, 2.45) is 0 Å². The zero-order valence-electron chi connectivity index (χ0n) is 14.3. The lowest BCUT2D eigenvalue weighted by Crippen LogP contribution is -2.30. The Hall–Kier alpha value is -3.57. The maximum atomic E-state index is 11.9. The number of ether oxygens (including phenoxy) is 2. The number of hydrogen-bond acceptors (Lipinski definition) is 3. The first-order valence-corrected chi connectivity index (χ1v) is 8.07. The molecular formula is C21H20N2O3. The molecule has 0 fully saturated rings. The first-order chi connectivity index (χ1) is 12.7. The molecule has 132 valence electrons. The van der Waals surface area contributed by atoms with E-state index in [9.17, 15) is 4.79 Å². The van der Waals surface area contributed by atoms with Gasteiger partial charge >= 0.3 is 6.03 Å². The number of benzene rings is 2. The summed E-state index contributed by atoms with van der Waals surface area (Å²) in [4.78, 5) is 11.9. The van der Waals surface area contributed by atoms with E-state index in [4.69, 9.17) is 22.3 Å². The highest BCUT2D eigenvalue weighted by Gasteiger charge is 2.02. The van der Waals surface area contributed by atoms with Crippen LogP contribution in [0, 0.1) is 24.7 Å². The second kappa shape index (κ2) is 10.3. The molecule has 0 saturated heterocycles. The topological polar surface area (TPSA) is 59.6 Å². The molecule has 5 nitrogen and oxygen atoms in total. The summed E-state index contributed by atoms with van der Waals surface area (Å²) in [7, 11) is 0. The van der Waals surface area contributed by atoms with Gasteiger partial charge in [-0.15, -0.1) is 12.8 Å². The molecule has 0 atom stereocenters. The molecular weight excluding hydrogens is 328 g/mol. The summed E-state index contributed by atoms with van der Waals surface area (Å²) in [5.74, 6) is 6.20. The number of rotatable bonds is 8. The third kappa shape index (κ3) is 6.51. The average Bonchev–Trinajstić information content (AvgIpc) is 2.67. The molecule has 0 spiro atoms. The Morgan fingerprint density at radius 3 is 1.96 bits per heavy atom. The Bertz CT molecular complexity index is 784. The van der Waals surface area contributed by atoms with Crippen molar-refractivity contribution in [3.63, 3.8) is 0 Å². The molecule has 2 amide bonds. The van der Waals surface area contributed by atoms with E-state index in [1.165, 1.54) is 0 Å². The van der Waals surface area contributed by atoms with Crippen LogP contribution in [0.1, 0.15) is 5.56 Å². The SMILES string of the molecule is C#CCOc1ccc(CCNC(=O)Nc2ccc(OCC#C)cc2)cc1. The van der Waals surface area contributed by atoms with Gasteiger partial charge in [0, 0.05) is 12.2 Å². The third-order valence-corrected chi connectivity index (χ3v) is 3.38. The average molecular weight is 348 g/mol. The van der Waals surface area contributed by atoms with E-state index >= 15 is 0 Å². The number of carbonyl (C=O) groups is 1. The molecule has 0 aliphatic heterocycles. The molecule has 0 saturated carbocycles. The van der Waals surface area contributed by atoms with E-state index < -0.39 is 0 Å². The summed E-state index contributed by atoms with van der Waals surface area (Å²) < 4.78 is 10.6. The molecule has 5 heteroatoms. The van der Waals surface area contributed by atoms with Gasteiger partial charge in [0.1, 0.15) is 24.7 Å². The second-order valence-electron chi connectivity index (χ2n) is 5.28. The largest absolute Gasteiger partial charge is 0.481 e. The number of hydrogen-bond donors (Lipinski definition) is 2. The van der Waals surface area contributed by atoms with Crippen LogP contribution in [-0.4, -0.2) is 25.8 Å². The fraction of sp³-hybridized carbons (Fsp3) is 0.190. The van der Waals surface area contributed by atoms with Crippen molar-refractivity contribution < 1.29 is 14.3 Å². The van der Waals surface area contributed by atoms with Crippen LogP contribution in [0.15, 0.2) is 48.5 Å². The van der Waals surface area contributed by atoms with Gasteiger partial charge in [0.25, 0.3) is 0 Å². The van der Waals surface area contributed by atoms with E-state index in [0.29, 0.717) is 24.4 Å². The summed E-state index contributed by atoms with van der Waals surface area (Å²) in [6, 6.07) is 14.3. The first-order valence-electron chi connectivity index (χ1n) is 8.07. The van der Waals surface area contributed by atoms with Crippen molar-refractivity contribution in [1.82, 2.24) is 5.32 Å². The lowest BCUT2D eigenvalue weighted by atomic mass is 10.1. The Labute approximate surface area is 153 Å². The van der Waals surface area contributed by atoms with Crippen LogP contribution in [0.25, 0.3) is 0 Å². The normalized spacial score (nSPS) is 9.46. The van der Waals surface area contributed by atoms with Crippen molar-refractivity contribution in [2.45, 2.75) is 6.42 Å². The highest BCUT2D eigenvalue weighted by molar-refractivity contribution is 5.89. The van der Waals surface area contributed by atoms with Gasteiger partial charge in [-0.3, -0.25) is 0 Å². The van der Waals surface area contributed by atoms with Gasteiger partial charge in [-0.05, 0) is 48.4 Å². The first kappa shape index (κ1) is 18.8. The molecule has 0 unspecified atom stereocenters. The van der Waals surface area contributed by atoms with Crippen molar-refractivity contribution in [2.75, 3.05) is 25.1 Å². The van der Waals surface area contributed by atoms with Gasteiger partial charge in [0.05, 0.1) is 0 Å². The van der Waals surface area contributed by atoms with Crippen molar-refractivity contribution in [3.8, 4) is 36.2 Å². The highest BCUT2D eigenvalue weighted by atomic mass is 16.5. The van der Waals surface area contributed by atoms with Crippen LogP contribution >= 0.6 is 0 Å². The lowest BCUT2D eigenvalue weighted by Gasteiger charge is -2.09. The van der Waals surface area contributed by atoms with Gasteiger partial charge in [-0.1, -0.05) is 24.0 Å². The summed E-state index contributed by atoms with van der Waals surface area (Å²) >= 11 is 0. The second-order valence-corrected chi connectivity index (χ2v) is 5.28. The number of anilines is 1. The fourth-order valence-electron chi connectivity index (χ4n) is 2.13. The van der Waals surface area contributed by atoms with Crippen LogP contribution in [0.2, 0.25) is 0 Å². The number of nitrogens with one attached hydrogen (secondary N) is 2. The Morgan fingerprint density at radius 1 is 0.885 bits per heavy atom. The standard InChI is InChI=1S/C21H20N2O3/c1-3-15-25-19-9-5-17(6-10-19)13-14-22-21(24)23-18-7-11-20(12-8-18)26-16-4-2/h1-2,5-12H,13-16H2,(H2,22,23,24). The van der Waals surface area contributed by atoms with E-state index in [1.807, 2.05) is 24.3 Å². The van der Waals surface area contributed by atoms with E-state index in [-0.39, 0.29) is 19.2 Å². The van der Waals surface area contributed by atoms with Gasteiger partial charge in [0.2, 0.25) is 0 Å². The van der Waals surface area contributed by atoms with E-state index in [2.05, 4.69) is 22.5 Å². The molecule has 2 aromatic rings. The number of amides is 2. The zero-order chi connectivity index (χ0) is 18.6. The summed E-state index contributed by atoms with van der Waals surface area (Å²) in [5.41, 5.74) is 1.76. The number of carbonyl (C=O) groups excluding carboxylic acids is 1. The van der Waals surface area contributed by atoms with Gasteiger partial charge in [-0.2, -0.15) is 0 Å². The Balaban J connectivity index is 1.71. The molecule has 0 aromatic heterocycles. The number of terminal acetylenes is 2. The Kier molecular flexibility index (Phi) is 7.45. The van der Waals surface area contributed by atoms with Crippen LogP contribution in [0.4, 0.5) is 10.5 Å². The molecule has 0 aliphatic carbocycles. The van der Waals surface area contributed by atoms with Crippen molar-refractivity contribution >= 4 is 11.7 Å². The van der Waals surface area contributed by atoms with Crippen LogP contribution < -0.4 is 20.1 Å². The predicted octanol–water partition coefficient (Wildman–Crippen LogP) is 3.07. The van der Waals surface area contributed by atoms with Crippen molar-refractivity contribution in [3.05, 3.63) is 54.1 Å². The smallest absolute Gasteiger partial charge is 0.319 e. The van der Waals surface area contributed by atoms with E-state index in [1.54, 1.807) is 24.3 Å². The lowest BCUT2D eigenvalue weighted by molar-refractivity contribution is 0.252.